The highest BCUT2D eigenvalue weighted by Gasteiger charge is 2.01. The first-order chi connectivity index (χ1) is 8.31. The third-order valence-corrected chi connectivity index (χ3v) is 3.02. The molecule has 0 saturated carbocycles. The zero-order valence-electron chi connectivity index (χ0n) is 9.34. The molecule has 6 heteroatoms. The second kappa shape index (κ2) is 5.51. The van der Waals surface area contributed by atoms with Gasteiger partial charge >= 0.3 is 0 Å². The molecule has 0 bridgehead atoms. The van der Waals surface area contributed by atoms with Crippen LogP contribution in [0.2, 0.25) is 0 Å². The Morgan fingerprint density at radius 2 is 2.00 bits per heavy atom. The van der Waals surface area contributed by atoms with Crippen molar-refractivity contribution >= 4 is 16.5 Å². The van der Waals surface area contributed by atoms with Gasteiger partial charge in [0.2, 0.25) is 0 Å². The van der Waals surface area contributed by atoms with Gasteiger partial charge in [-0.05, 0) is 24.3 Å². The number of hydrogen-bond acceptors (Lipinski definition) is 6. The molecule has 1 aromatic heterocycles. The molecular formula is C11H13N3O2S. The lowest BCUT2D eigenvalue weighted by atomic mass is 10.3. The highest BCUT2D eigenvalue weighted by molar-refractivity contribution is 7.15. The second-order valence-electron chi connectivity index (χ2n) is 3.24. The van der Waals surface area contributed by atoms with Crippen LogP contribution in [-0.2, 0) is 6.61 Å². The molecule has 0 unspecified atom stereocenters. The molecule has 3 N–H and O–H groups in total. The molecule has 0 saturated heterocycles. The van der Waals surface area contributed by atoms with Crippen molar-refractivity contribution in [2.24, 2.45) is 5.84 Å². The molecule has 90 valence electrons. The SMILES string of the molecule is COc1ccc(OCc2cnc(NN)s2)cc1. The molecule has 2 aromatic rings. The minimum atomic E-state index is 0.478. The number of methoxy groups -OCH3 is 1. The summed E-state index contributed by atoms with van der Waals surface area (Å²) >= 11 is 1.46. The molecule has 1 aromatic carbocycles. The van der Waals surface area contributed by atoms with Gasteiger partial charge in [-0.15, -0.1) is 0 Å². The molecule has 0 aliphatic heterocycles. The van der Waals surface area contributed by atoms with Gasteiger partial charge in [-0.3, -0.25) is 5.43 Å². The van der Waals surface area contributed by atoms with Crippen LogP contribution in [0.4, 0.5) is 5.13 Å². The van der Waals surface area contributed by atoms with Crippen LogP contribution in [0.25, 0.3) is 0 Å². The summed E-state index contributed by atoms with van der Waals surface area (Å²) < 4.78 is 10.7. The van der Waals surface area contributed by atoms with Crippen molar-refractivity contribution in [2.45, 2.75) is 6.61 Å². The monoisotopic (exact) mass is 251 g/mol. The van der Waals surface area contributed by atoms with Gasteiger partial charge in [0.25, 0.3) is 0 Å². The average molecular weight is 251 g/mol. The Bertz CT molecular complexity index is 470. The maximum Gasteiger partial charge on any atom is 0.197 e. The van der Waals surface area contributed by atoms with Gasteiger partial charge in [0.15, 0.2) is 5.13 Å². The fraction of sp³-hybridized carbons (Fsp3) is 0.182. The number of hydrazine groups is 1. The van der Waals surface area contributed by atoms with Gasteiger partial charge in [-0.2, -0.15) is 0 Å². The van der Waals surface area contributed by atoms with Crippen molar-refractivity contribution in [3.8, 4) is 11.5 Å². The molecule has 0 atom stereocenters. The number of ether oxygens (including phenoxy) is 2. The summed E-state index contributed by atoms with van der Waals surface area (Å²) in [6.07, 6.45) is 1.74. The zero-order valence-corrected chi connectivity index (χ0v) is 10.2. The van der Waals surface area contributed by atoms with Crippen LogP contribution >= 0.6 is 11.3 Å². The maximum atomic E-state index is 5.60. The van der Waals surface area contributed by atoms with Gasteiger partial charge in [0, 0.05) is 6.20 Å². The number of nitrogens with one attached hydrogen (secondary N) is 1. The molecule has 0 fully saturated rings. The summed E-state index contributed by atoms with van der Waals surface area (Å²) in [5.41, 5.74) is 2.50. The number of thiazole rings is 1. The van der Waals surface area contributed by atoms with Gasteiger partial charge in [-0.25, -0.2) is 10.8 Å². The third-order valence-electron chi connectivity index (χ3n) is 2.12. The van der Waals surface area contributed by atoms with Crippen molar-refractivity contribution in [3.05, 3.63) is 35.3 Å². The first kappa shape index (κ1) is 11.7. The maximum absolute atomic E-state index is 5.60. The minimum Gasteiger partial charge on any atom is -0.497 e. The standard InChI is InChI=1S/C11H13N3O2S/c1-15-8-2-4-9(5-3-8)16-7-10-6-13-11(14-12)17-10/h2-6H,7,12H2,1H3,(H,13,14). The van der Waals surface area contributed by atoms with Crippen LogP contribution in [0.3, 0.4) is 0 Å². The summed E-state index contributed by atoms with van der Waals surface area (Å²) in [5.74, 6) is 6.85. The number of rotatable bonds is 5. The molecule has 17 heavy (non-hydrogen) atoms. The molecule has 1 heterocycles. The lowest BCUT2D eigenvalue weighted by molar-refractivity contribution is 0.309. The number of hydrogen-bond donors (Lipinski definition) is 2. The zero-order chi connectivity index (χ0) is 12.1. The highest BCUT2D eigenvalue weighted by atomic mass is 32.1. The Morgan fingerprint density at radius 1 is 1.29 bits per heavy atom. The van der Waals surface area contributed by atoms with E-state index in [2.05, 4.69) is 10.4 Å². The van der Waals surface area contributed by atoms with E-state index in [4.69, 9.17) is 15.3 Å². The van der Waals surface area contributed by atoms with E-state index in [9.17, 15) is 0 Å². The molecule has 0 amide bonds. The first-order valence-corrected chi connectivity index (χ1v) is 5.81. The van der Waals surface area contributed by atoms with E-state index in [1.165, 1.54) is 11.3 Å². The van der Waals surface area contributed by atoms with E-state index < -0.39 is 0 Å². The largest absolute Gasteiger partial charge is 0.497 e. The summed E-state index contributed by atoms with van der Waals surface area (Å²) in [5, 5.41) is 0.679. The van der Waals surface area contributed by atoms with Crippen molar-refractivity contribution in [1.29, 1.82) is 0 Å². The Balaban J connectivity index is 1.92. The second-order valence-corrected chi connectivity index (χ2v) is 4.36. The Kier molecular flexibility index (Phi) is 3.79. The van der Waals surface area contributed by atoms with E-state index in [-0.39, 0.29) is 0 Å². The number of aromatic nitrogens is 1. The van der Waals surface area contributed by atoms with Crippen molar-refractivity contribution in [2.75, 3.05) is 12.5 Å². The smallest absolute Gasteiger partial charge is 0.197 e. The predicted octanol–water partition coefficient (Wildman–Crippen LogP) is 2.02. The van der Waals surface area contributed by atoms with Crippen LogP contribution < -0.4 is 20.7 Å². The Morgan fingerprint density at radius 3 is 2.59 bits per heavy atom. The van der Waals surface area contributed by atoms with Crippen LogP contribution in [0.15, 0.2) is 30.5 Å². The van der Waals surface area contributed by atoms with Gasteiger partial charge in [0.1, 0.15) is 18.1 Å². The molecule has 5 nitrogen and oxygen atoms in total. The van der Waals surface area contributed by atoms with Gasteiger partial charge in [0.05, 0.1) is 12.0 Å². The average Bonchev–Trinajstić information content (AvgIpc) is 2.85. The molecule has 0 aliphatic rings. The van der Waals surface area contributed by atoms with E-state index >= 15 is 0 Å². The number of nitrogens with zero attached hydrogens (tertiary/aromatic N) is 1. The summed E-state index contributed by atoms with van der Waals surface area (Å²) in [6.45, 7) is 0.478. The first-order valence-electron chi connectivity index (χ1n) is 5.00. The summed E-state index contributed by atoms with van der Waals surface area (Å²) in [6, 6.07) is 7.44. The van der Waals surface area contributed by atoms with Crippen LogP contribution in [0.1, 0.15) is 4.88 Å². The van der Waals surface area contributed by atoms with Crippen molar-refractivity contribution < 1.29 is 9.47 Å². The number of nitrogens with two attached hydrogens (primary N) is 1. The predicted molar refractivity (Wildman–Crippen MR) is 67.3 cm³/mol. The van der Waals surface area contributed by atoms with Gasteiger partial charge in [-0.1, -0.05) is 11.3 Å². The quantitative estimate of drug-likeness (QED) is 0.628. The van der Waals surface area contributed by atoms with Crippen LogP contribution in [0.5, 0.6) is 11.5 Å². The highest BCUT2D eigenvalue weighted by Crippen LogP contribution is 2.21. The summed E-state index contributed by atoms with van der Waals surface area (Å²) in [7, 11) is 1.63. The minimum absolute atomic E-state index is 0.478. The van der Waals surface area contributed by atoms with Crippen molar-refractivity contribution in [3.63, 3.8) is 0 Å². The fourth-order valence-electron chi connectivity index (χ4n) is 1.27. The Labute approximate surface area is 103 Å². The number of anilines is 1. The lowest BCUT2D eigenvalue weighted by Gasteiger charge is -2.05. The van der Waals surface area contributed by atoms with E-state index in [0.29, 0.717) is 11.7 Å². The molecule has 2 rings (SSSR count). The third kappa shape index (κ3) is 3.08. The molecule has 0 radical (unpaired) electrons. The van der Waals surface area contributed by atoms with Crippen LogP contribution in [-0.4, -0.2) is 12.1 Å². The lowest BCUT2D eigenvalue weighted by Crippen LogP contribution is -2.05. The molecule has 0 aliphatic carbocycles. The number of benzene rings is 1. The van der Waals surface area contributed by atoms with Crippen molar-refractivity contribution in [1.82, 2.24) is 4.98 Å². The van der Waals surface area contributed by atoms with Gasteiger partial charge < -0.3 is 9.47 Å². The Hall–Kier alpha value is -1.79. The molecule has 0 spiro atoms. The van der Waals surface area contributed by atoms with E-state index in [1.807, 2.05) is 24.3 Å². The normalized spacial score (nSPS) is 10.0. The fourth-order valence-corrected chi connectivity index (χ4v) is 1.90. The molecular weight excluding hydrogens is 238 g/mol. The van der Waals surface area contributed by atoms with E-state index in [0.717, 1.165) is 16.4 Å². The topological polar surface area (TPSA) is 69.4 Å². The summed E-state index contributed by atoms with van der Waals surface area (Å²) in [4.78, 5) is 5.06. The van der Waals surface area contributed by atoms with Crippen LogP contribution in [0, 0.1) is 0 Å². The number of nitrogen functional groups attached to an aromatic ring is 1. The van der Waals surface area contributed by atoms with E-state index in [1.54, 1.807) is 13.3 Å².